The third kappa shape index (κ3) is 1.72. The van der Waals surface area contributed by atoms with Crippen LogP contribution in [0.2, 0.25) is 0 Å². The molecule has 0 spiro atoms. The van der Waals surface area contributed by atoms with Crippen molar-refractivity contribution in [2.45, 2.75) is 37.5 Å². The van der Waals surface area contributed by atoms with Crippen LogP contribution in [0, 0.1) is 0 Å². The van der Waals surface area contributed by atoms with Gasteiger partial charge in [-0.1, -0.05) is 0 Å². The number of hydrogen-bond donors (Lipinski definition) is 2. The molecule has 2 N–H and O–H groups in total. The number of nitrogens with one attached hydrogen (secondary N) is 1. The SMILES string of the molecule is OC1CCC2COCC(C1)N2. The maximum absolute atomic E-state index is 9.44. The third-order valence-electron chi connectivity index (χ3n) is 2.51. The lowest BCUT2D eigenvalue weighted by Crippen LogP contribution is -2.47. The Morgan fingerprint density at radius 1 is 1.18 bits per heavy atom. The number of aliphatic hydroxyl groups excluding tert-OH is 1. The normalized spacial score (nSPS) is 45.0. The average molecular weight is 157 g/mol. The molecule has 2 aliphatic rings. The summed E-state index contributed by atoms with van der Waals surface area (Å²) < 4.78 is 5.39. The molecule has 0 aliphatic carbocycles. The van der Waals surface area contributed by atoms with Crippen molar-refractivity contribution >= 4 is 0 Å². The molecule has 3 atom stereocenters. The molecule has 2 aliphatic heterocycles. The number of hydrogen-bond acceptors (Lipinski definition) is 3. The fourth-order valence-electron chi connectivity index (χ4n) is 1.92. The van der Waals surface area contributed by atoms with Gasteiger partial charge in [-0.15, -0.1) is 0 Å². The van der Waals surface area contributed by atoms with Gasteiger partial charge in [-0.05, 0) is 19.3 Å². The van der Waals surface area contributed by atoms with Crippen molar-refractivity contribution in [3.05, 3.63) is 0 Å². The minimum absolute atomic E-state index is 0.112. The van der Waals surface area contributed by atoms with Crippen LogP contribution in [-0.2, 0) is 4.74 Å². The Balaban J connectivity index is 1.98. The Labute approximate surface area is 66.7 Å². The van der Waals surface area contributed by atoms with Crippen LogP contribution in [0.5, 0.6) is 0 Å². The van der Waals surface area contributed by atoms with Gasteiger partial charge in [-0.2, -0.15) is 0 Å². The fourth-order valence-corrected chi connectivity index (χ4v) is 1.92. The van der Waals surface area contributed by atoms with Gasteiger partial charge < -0.3 is 15.2 Å². The zero-order chi connectivity index (χ0) is 7.68. The van der Waals surface area contributed by atoms with Gasteiger partial charge in [-0.3, -0.25) is 0 Å². The molecule has 0 saturated carbocycles. The fraction of sp³-hybridized carbons (Fsp3) is 1.00. The number of aliphatic hydroxyl groups is 1. The number of morpholine rings is 1. The predicted molar refractivity (Wildman–Crippen MR) is 41.4 cm³/mol. The van der Waals surface area contributed by atoms with Crippen LogP contribution in [0.15, 0.2) is 0 Å². The molecule has 0 aromatic rings. The Hall–Kier alpha value is -0.120. The molecule has 2 bridgehead atoms. The van der Waals surface area contributed by atoms with Crippen LogP contribution in [0.25, 0.3) is 0 Å². The predicted octanol–water partition coefficient (Wildman–Crippen LogP) is -0.112. The van der Waals surface area contributed by atoms with Crippen LogP contribution >= 0.6 is 0 Å². The van der Waals surface area contributed by atoms with Crippen molar-refractivity contribution in [3.8, 4) is 0 Å². The molecule has 0 aromatic carbocycles. The van der Waals surface area contributed by atoms with Crippen molar-refractivity contribution in [2.75, 3.05) is 13.2 Å². The van der Waals surface area contributed by atoms with E-state index >= 15 is 0 Å². The summed E-state index contributed by atoms with van der Waals surface area (Å²) in [5, 5.41) is 12.9. The van der Waals surface area contributed by atoms with E-state index < -0.39 is 0 Å². The van der Waals surface area contributed by atoms with Crippen LogP contribution in [-0.4, -0.2) is 36.5 Å². The first-order valence-electron chi connectivity index (χ1n) is 4.36. The van der Waals surface area contributed by atoms with E-state index in [2.05, 4.69) is 5.32 Å². The summed E-state index contributed by atoms with van der Waals surface area (Å²) in [5.74, 6) is 0. The van der Waals surface area contributed by atoms with Crippen molar-refractivity contribution in [1.82, 2.24) is 5.32 Å². The number of ether oxygens (including phenoxy) is 1. The molecule has 3 nitrogen and oxygen atoms in total. The first-order chi connectivity index (χ1) is 5.34. The van der Waals surface area contributed by atoms with Gasteiger partial charge in [0.05, 0.1) is 19.3 Å². The van der Waals surface area contributed by atoms with E-state index in [9.17, 15) is 5.11 Å². The third-order valence-corrected chi connectivity index (χ3v) is 2.51. The van der Waals surface area contributed by atoms with Crippen LogP contribution in [0.4, 0.5) is 0 Å². The number of fused-ring (bicyclic) bond motifs is 2. The highest BCUT2D eigenvalue weighted by molar-refractivity contribution is 4.84. The first kappa shape index (κ1) is 7.53. The second-order valence-corrected chi connectivity index (χ2v) is 3.56. The molecule has 2 saturated heterocycles. The largest absolute Gasteiger partial charge is 0.393 e. The Kier molecular flexibility index (Phi) is 2.11. The van der Waals surface area contributed by atoms with Crippen molar-refractivity contribution in [1.29, 1.82) is 0 Å². The maximum atomic E-state index is 9.44. The topological polar surface area (TPSA) is 41.5 Å². The quantitative estimate of drug-likeness (QED) is 0.515. The molecule has 2 heterocycles. The maximum Gasteiger partial charge on any atom is 0.0621 e. The molecule has 2 rings (SSSR count). The lowest BCUT2D eigenvalue weighted by atomic mass is 10.1. The molecule has 0 aromatic heterocycles. The van der Waals surface area contributed by atoms with Crippen molar-refractivity contribution in [3.63, 3.8) is 0 Å². The lowest BCUT2D eigenvalue weighted by molar-refractivity contribution is 0.0424. The molecule has 64 valence electrons. The molecule has 3 heteroatoms. The molecular weight excluding hydrogens is 142 g/mol. The Morgan fingerprint density at radius 3 is 2.91 bits per heavy atom. The second kappa shape index (κ2) is 3.09. The molecule has 11 heavy (non-hydrogen) atoms. The molecule has 2 fully saturated rings. The molecule has 3 unspecified atom stereocenters. The zero-order valence-electron chi connectivity index (χ0n) is 6.62. The summed E-state index contributed by atoms with van der Waals surface area (Å²) in [6.07, 6.45) is 2.73. The van der Waals surface area contributed by atoms with E-state index in [1.807, 2.05) is 0 Å². The summed E-state index contributed by atoms with van der Waals surface area (Å²) in [6, 6.07) is 0.886. The van der Waals surface area contributed by atoms with Gasteiger partial charge in [0.15, 0.2) is 0 Å². The minimum atomic E-state index is -0.112. The summed E-state index contributed by atoms with van der Waals surface area (Å²) >= 11 is 0. The van der Waals surface area contributed by atoms with Gasteiger partial charge in [0.1, 0.15) is 0 Å². The van der Waals surface area contributed by atoms with Gasteiger partial charge in [0.2, 0.25) is 0 Å². The van der Waals surface area contributed by atoms with Crippen LogP contribution in [0.1, 0.15) is 19.3 Å². The lowest BCUT2D eigenvalue weighted by Gasteiger charge is -2.28. The van der Waals surface area contributed by atoms with Gasteiger partial charge in [-0.25, -0.2) is 0 Å². The minimum Gasteiger partial charge on any atom is -0.393 e. The van der Waals surface area contributed by atoms with Crippen molar-refractivity contribution in [2.24, 2.45) is 0 Å². The average Bonchev–Trinajstić information content (AvgIpc) is 2.12. The van der Waals surface area contributed by atoms with E-state index in [0.29, 0.717) is 12.1 Å². The van der Waals surface area contributed by atoms with Gasteiger partial charge >= 0.3 is 0 Å². The highest BCUT2D eigenvalue weighted by Crippen LogP contribution is 2.17. The Bertz CT molecular complexity index is 138. The monoisotopic (exact) mass is 157 g/mol. The second-order valence-electron chi connectivity index (χ2n) is 3.56. The van der Waals surface area contributed by atoms with E-state index in [1.165, 1.54) is 0 Å². The van der Waals surface area contributed by atoms with E-state index in [-0.39, 0.29) is 6.10 Å². The highest BCUT2D eigenvalue weighted by atomic mass is 16.5. The van der Waals surface area contributed by atoms with E-state index in [1.54, 1.807) is 0 Å². The first-order valence-corrected chi connectivity index (χ1v) is 4.36. The summed E-state index contributed by atoms with van der Waals surface area (Å²) in [5.41, 5.74) is 0. The summed E-state index contributed by atoms with van der Waals surface area (Å²) in [7, 11) is 0. The van der Waals surface area contributed by atoms with Gasteiger partial charge in [0.25, 0.3) is 0 Å². The Morgan fingerprint density at radius 2 is 2.00 bits per heavy atom. The molecular formula is C8H15NO2. The standard InChI is InChI=1S/C8H15NO2/c10-8-2-1-6-4-11-5-7(3-8)9-6/h6-10H,1-5H2. The zero-order valence-corrected chi connectivity index (χ0v) is 6.62. The van der Waals surface area contributed by atoms with E-state index in [0.717, 1.165) is 32.5 Å². The summed E-state index contributed by atoms with van der Waals surface area (Å²) in [6.45, 7) is 1.59. The van der Waals surface area contributed by atoms with Crippen LogP contribution in [0.3, 0.4) is 0 Å². The molecule has 0 radical (unpaired) electrons. The molecule has 0 amide bonds. The summed E-state index contributed by atoms with van der Waals surface area (Å²) in [4.78, 5) is 0. The van der Waals surface area contributed by atoms with Crippen LogP contribution < -0.4 is 5.32 Å². The highest BCUT2D eigenvalue weighted by Gasteiger charge is 2.27. The number of rotatable bonds is 0. The van der Waals surface area contributed by atoms with Crippen molar-refractivity contribution < 1.29 is 9.84 Å². The van der Waals surface area contributed by atoms with E-state index in [4.69, 9.17) is 4.74 Å². The van der Waals surface area contributed by atoms with Gasteiger partial charge in [0, 0.05) is 12.1 Å². The smallest absolute Gasteiger partial charge is 0.0621 e.